The number of alkyl halides is 3. The van der Waals surface area contributed by atoms with E-state index in [1.165, 1.54) is 30.3 Å². The third kappa shape index (κ3) is 9.85. The summed E-state index contributed by atoms with van der Waals surface area (Å²) < 4.78 is 77.3. The van der Waals surface area contributed by atoms with Gasteiger partial charge >= 0.3 is 12.3 Å². The molecule has 57 heavy (non-hydrogen) atoms. The average Bonchev–Trinajstić information content (AvgIpc) is 3.18. The number of carbonyl (C=O) groups is 2. The van der Waals surface area contributed by atoms with Crippen molar-refractivity contribution in [2.45, 2.75) is 77.5 Å². The second-order valence-electron chi connectivity index (χ2n) is 14.5. The molecule has 4 aromatic carbocycles. The van der Waals surface area contributed by atoms with Crippen LogP contribution in [0, 0.1) is 11.6 Å². The van der Waals surface area contributed by atoms with Gasteiger partial charge in [-0.3, -0.25) is 19.3 Å². The summed E-state index contributed by atoms with van der Waals surface area (Å²) in [6, 6.07) is 22.8. The quantitative estimate of drug-likeness (QED) is 0.0886. The number of hydrogen-bond acceptors (Lipinski definition) is 7. The van der Waals surface area contributed by atoms with Gasteiger partial charge < -0.3 is 18.9 Å². The van der Waals surface area contributed by atoms with E-state index in [2.05, 4.69) is 14.6 Å². The third-order valence-corrected chi connectivity index (χ3v) is 10.4. The summed E-state index contributed by atoms with van der Waals surface area (Å²) in [4.78, 5) is 48.8. The number of aromatic nitrogens is 2. The zero-order valence-electron chi connectivity index (χ0n) is 31.8. The van der Waals surface area contributed by atoms with E-state index in [0.29, 0.717) is 42.4 Å². The molecule has 1 aliphatic rings. The summed E-state index contributed by atoms with van der Waals surface area (Å²) in [5.74, 6) is -2.07. The van der Waals surface area contributed by atoms with Gasteiger partial charge in [0.25, 0.3) is 5.56 Å². The fourth-order valence-electron chi connectivity index (χ4n) is 7.27. The lowest BCUT2D eigenvalue weighted by atomic mass is 9.95. The van der Waals surface area contributed by atoms with Crippen LogP contribution in [0.4, 0.5) is 22.0 Å². The van der Waals surface area contributed by atoms with Crippen LogP contribution in [0.3, 0.4) is 0 Å². The minimum Gasteiger partial charge on any atom is -0.465 e. The van der Waals surface area contributed by atoms with E-state index < -0.39 is 29.1 Å². The van der Waals surface area contributed by atoms with Gasteiger partial charge in [-0.1, -0.05) is 54.6 Å². The Bertz CT molecular complexity index is 2270. The van der Waals surface area contributed by atoms with Crippen molar-refractivity contribution in [3.05, 3.63) is 130 Å². The highest BCUT2D eigenvalue weighted by Crippen LogP contribution is 2.29. The number of nitrogens with zero attached hydrogens (tertiary/aromatic N) is 4. The van der Waals surface area contributed by atoms with Crippen molar-refractivity contribution in [2.24, 2.45) is 0 Å². The SMILES string of the molecule is CCOC(=O)C(C)(C)N1CCC(N(Cc2ccc(-c3ccc(OC(F)(F)F)cc3)cc2)C(=O)Cn2c(CCc3ccc(F)cc3F)nc(=O)c3ccccc32)CC1. The molecular weight excluding hydrogens is 747 g/mol. The fourth-order valence-corrected chi connectivity index (χ4v) is 7.27. The number of para-hydroxylation sites is 1. The minimum absolute atomic E-state index is 0.0992. The van der Waals surface area contributed by atoms with Gasteiger partial charge in [-0.25, -0.2) is 8.78 Å². The number of halogens is 5. The molecule has 1 aromatic heterocycles. The van der Waals surface area contributed by atoms with Crippen molar-refractivity contribution >= 4 is 22.8 Å². The molecule has 1 amide bonds. The van der Waals surface area contributed by atoms with E-state index >= 15 is 0 Å². The molecule has 0 bridgehead atoms. The third-order valence-electron chi connectivity index (χ3n) is 10.4. The highest BCUT2D eigenvalue weighted by molar-refractivity contribution is 5.82. The first-order chi connectivity index (χ1) is 27.1. The zero-order valence-corrected chi connectivity index (χ0v) is 31.8. The molecule has 0 aliphatic carbocycles. The maximum Gasteiger partial charge on any atom is 0.573 e. The zero-order chi connectivity index (χ0) is 40.9. The second-order valence-corrected chi connectivity index (χ2v) is 14.5. The van der Waals surface area contributed by atoms with Crippen LogP contribution in [0.5, 0.6) is 5.75 Å². The Labute approximate surface area is 326 Å². The summed E-state index contributed by atoms with van der Waals surface area (Å²) in [5.41, 5.74) is 1.59. The van der Waals surface area contributed by atoms with Crippen molar-refractivity contribution in [3.63, 3.8) is 0 Å². The molecule has 0 unspecified atom stereocenters. The van der Waals surface area contributed by atoms with Crippen molar-refractivity contribution in [1.82, 2.24) is 19.4 Å². The Balaban J connectivity index is 1.29. The molecule has 1 fully saturated rings. The number of ether oxygens (including phenoxy) is 2. The van der Waals surface area contributed by atoms with Gasteiger partial charge in [0.2, 0.25) is 5.91 Å². The average molecular weight is 791 g/mol. The molecule has 9 nitrogen and oxygen atoms in total. The maximum atomic E-state index is 14.7. The first-order valence-electron chi connectivity index (χ1n) is 18.7. The molecule has 300 valence electrons. The lowest BCUT2D eigenvalue weighted by Gasteiger charge is -2.44. The van der Waals surface area contributed by atoms with Gasteiger partial charge in [-0.15, -0.1) is 13.2 Å². The first-order valence-corrected chi connectivity index (χ1v) is 18.7. The topological polar surface area (TPSA) is 94.0 Å². The Kier molecular flexibility index (Phi) is 12.4. The van der Waals surface area contributed by atoms with Crippen LogP contribution in [0.2, 0.25) is 0 Å². The molecular formula is C43H43F5N4O5. The standard InChI is InChI=1S/C43H43F5N4O5/c1-4-56-41(55)42(2,3)50-23-21-33(22-24-50)51(26-28-9-11-29(12-10-28)30-14-18-34(19-15-30)57-43(46,47)48)39(53)27-52-37-8-6-5-7-35(37)40(54)49-38(52)20-16-31-13-17-32(44)25-36(31)45/h5-15,17-19,25,33H,4,16,20-24,26-27H2,1-3H3. The van der Waals surface area contributed by atoms with Gasteiger partial charge in [-0.05, 0) is 92.6 Å². The number of amides is 1. The lowest BCUT2D eigenvalue weighted by molar-refractivity contribution is -0.274. The van der Waals surface area contributed by atoms with Gasteiger partial charge in [0, 0.05) is 38.2 Å². The fraction of sp³-hybridized carbons (Fsp3) is 0.349. The molecule has 14 heteroatoms. The van der Waals surface area contributed by atoms with Crippen LogP contribution in [-0.4, -0.2) is 68.9 Å². The highest BCUT2D eigenvalue weighted by Gasteiger charge is 2.39. The molecule has 0 N–H and O–H groups in total. The summed E-state index contributed by atoms with van der Waals surface area (Å²) >= 11 is 0. The second kappa shape index (κ2) is 17.2. The summed E-state index contributed by atoms with van der Waals surface area (Å²) in [7, 11) is 0. The molecule has 2 heterocycles. The predicted molar refractivity (Wildman–Crippen MR) is 204 cm³/mol. The normalized spacial score (nSPS) is 14.1. The summed E-state index contributed by atoms with van der Waals surface area (Å²) in [6.07, 6.45) is -3.49. The number of rotatable bonds is 13. The Hall–Kier alpha value is -5.63. The van der Waals surface area contributed by atoms with Crippen molar-refractivity contribution in [3.8, 4) is 16.9 Å². The van der Waals surface area contributed by atoms with Crippen molar-refractivity contribution < 1.29 is 41.0 Å². The molecule has 6 rings (SSSR count). The van der Waals surface area contributed by atoms with Crippen molar-refractivity contribution in [1.29, 1.82) is 0 Å². The van der Waals surface area contributed by atoms with Crippen LogP contribution in [0.1, 0.15) is 50.6 Å². The van der Waals surface area contributed by atoms with Crippen molar-refractivity contribution in [2.75, 3.05) is 19.7 Å². The van der Waals surface area contributed by atoms with Crippen LogP contribution < -0.4 is 10.3 Å². The van der Waals surface area contributed by atoms with E-state index in [-0.39, 0.29) is 67.6 Å². The molecule has 1 aliphatic heterocycles. The minimum atomic E-state index is -4.80. The first kappa shape index (κ1) is 41.0. The molecule has 5 aromatic rings. The van der Waals surface area contributed by atoms with Gasteiger partial charge in [0.15, 0.2) is 0 Å². The number of likely N-dealkylation sites (tertiary alicyclic amines) is 1. The number of aryl methyl sites for hydroxylation is 2. The van der Waals surface area contributed by atoms with Crippen LogP contribution in [0.15, 0.2) is 95.8 Å². The molecule has 1 saturated heterocycles. The number of fused-ring (bicyclic) bond motifs is 1. The number of benzene rings is 4. The Morgan fingerprint density at radius 1 is 0.877 bits per heavy atom. The molecule has 0 atom stereocenters. The van der Waals surface area contributed by atoms with E-state index in [1.807, 2.05) is 38.1 Å². The summed E-state index contributed by atoms with van der Waals surface area (Å²) in [5, 5.41) is 0.316. The summed E-state index contributed by atoms with van der Waals surface area (Å²) in [6.45, 7) is 6.72. The molecule has 0 radical (unpaired) electrons. The largest absolute Gasteiger partial charge is 0.573 e. The van der Waals surface area contributed by atoms with Gasteiger partial charge in [0.1, 0.15) is 35.3 Å². The number of carbonyl (C=O) groups excluding carboxylic acids is 2. The number of esters is 1. The Morgan fingerprint density at radius 3 is 2.16 bits per heavy atom. The van der Waals surface area contributed by atoms with Gasteiger partial charge in [-0.2, -0.15) is 4.98 Å². The van der Waals surface area contributed by atoms with Crippen LogP contribution in [0.25, 0.3) is 22.0 Å². The van der Waals surface area contributed by atoms with E-state index in [4.69, 9.17) is 4.74 Å². The monoisotopic (exact) mass is 790 g/mol. The van der Waals surface area contributed by atoms with E-state index in [0.717, 1.165) is 23.3 Å². The van der Waals surface area contributed by atoms with Crippen LogP contribution >= 0.6 is 0 Å². The maximum absolute atomic E-state index is 14.7. The lowest BCUT2D eigenvalue weighted by Crippen LogP contribution is -2.56. The molecule has 0 spiro atoms. The highest BCUT2D eigenvalue weighted by atomic mass is 19.4. The van der Waals surface area contributed by atoms with Crippen LogP contribution in [-0.2, 0) is 40.3 Å². The molecule has 0 saturated carbocycles. The predicted octanol–water partition coefficient (Wildman–Crippen LogP) is 7.86. The van der Waals surface area contributed by atoms with E-state index in [1.54, 1.807) is 40.7 Å². The Morgan fingerprint density at radius 2 is 1.53 bits per heavy atom. The van der Waals surface area contributed by atoms with E-state index in [9.17, 15) is 36.3 Å². The van der Waals surface area contributed by atoms with Gasteiger partial charge in [0.05, 0.1) is 17.5 Å². The number of hydrogen-bond donors (Lipinski definition) is 0. The number of piperidine rings is 1. The smallest absolute Gasteiger partial charge is 0.465 e.